The van der Waals surface area contributed by atoms with E-state index in [-0.39, 0.29) is 24.4 Å². The van der Waals surface area contributed by atoms with Gasteiger partial charge in [0.25, 0.3) is 0 Å². The molecule has 6 aromatic heterocycles. The largest absolute Gasteiger partial charge is 0.444 e. The van der Waals surface area contributed by atoms with Crippen molar-refractivity contribution in [2.24, 2.45) is 0 Å². The van der Waals surface area contributed by atoms with E-state index in [0.717, 1.165) is 77.5 Å². The third-order valence-electron chi connectivity index (χ3n) is 8.27. The van der Waals surface area contributed by atoms with Crippen LogP contribution >= 0.6 is 12.4 Å². The molecule has 0 radical (unpaired) electrons. The van der Waals surface area contributed by atoms with Gasteiger partial charge in [-0.25, -0.2) is 24.7 Å². The van der Waals surface area contributed by atoms with Crippen LogP contribution in [0.1, 0.15) is 69.9 Å². The fraction of sp³-hybridized carbons (Fsp3) is 0.452. The molecular weight excluding hydrogens is 580 g/mol. The van der Waals surface area contributed by atoms with Crippen molar-refractivity contribution in [3.8, 4) is 0 Å². The molecule has 0 unspecified atom stereocenters. The zero-order chi connectivity index (χ0) is 29.6. The van der Waals surface area contributed by atoms with Gasteiger partial charge in [-0.15, -0.1) is 12.4 Å². The third-order valence-corrected chi connectivity index (χ3v) is 8.27. The Balaban J connectivity index is 0.000000160. The van der Waals surface area contributed by atoms with Crippen molar-refractivity contribution in [3.63, 3.8) is 0 Å². The second kappa shape index (κ2) is 12.1. The Morgan fingerprint density at radius 2 is 1.41 bits per heavy atom. The molecule has 2 aliphatic heterocycles. The first kappa shape index (κ1) is 29.9. The number of hydrogen-bond donors (Lipinski definition) is 3. The molecule has 44 heavy (non-hydrogen) atoms. The summed E-state index contributed by atoms with van der Waals surface area (Å²) in [5, 5.41) is 3.45. The predicted molar refractivity (Wildman–Crippen MR) is 172 cm³/mol. The molecular formula is C31H39ClN10O2. The van der Waals surface area contributed by atoms with Gasteiger partial charge in [-0.1, -0.05) is 0 Å². The quantitative estimate of drug-likeness (QED) is 0.236. The summed E-state index contributed by atoms with van der Waals surface area (Å²) < 4.78 is 9.91. The van der Waals surface area contributed by atoms with Gasteiger partial charge in [0.2, 0.25) is 0 Å². The minimum atomic E-state index is -0.479. The number of carbonyl (C=O) groups excluding carboxylic acids is 1. The third kappa shape index (κ3) is 5.71. The summed E-state index contributed by atoms with van der Waals surface area (Å²) in [5.74, 6) is 2.82. The maximum atomic E-state index is 12.4. The summed E-state index contributed by atoms with van der Waals surface area (Å²) in [6.07, 6.45) is 15.4. The number of aromatic nitrogens is 8. The molecule has 6 aromatic rings. The van der Waals surface area contributed by atoms with E-state index in [1.807, 2.05) is 64.0 Å². The molecule has 8 rings (SSSR count). The van der Waals surface area contributed by atoms with E-state index in [0.29, 0.717) is 12.5 Å². The zero-order valence-electron chi connectivity index (χ0n) is 25.3. The van der Waals surface area contributed by atoms with Gasteiger partial charge < -0.3 is 24.9 Å². The van der Waals surface area contributed by atoms with Gasteiger partial charge >= 0.3 is 6.09 Å². The number of rotatable bonds is 2. The van der Waals surface area contributed by atoms with Crippen molar-refractivity contribution < 1.29 is 9.53 Å². The molecule has 0 bridgehead atoms. The SMILES string of the molecule is CC(C)(C)OC(=O)N1CCC[C@@H](c2ncc3cnc4[nH]ccc4n23)C1.Cl.c1cc2c(ncc3cnc([C@@H]4CCCNC4)n32)[nH]1. The molecule has 0 aromatic carbocycles. The van der Waals surface area contributed by atoms with Crippen LogP contribution in [0.5, 0.6) is 0 Å². The molecule has 232 valence electrons. The highest BCUT2D eigenvalue weighted by Crippen LogP contribution is 2.29. The van der Waals surface area contributed by atoms with E-state index >= 15 is 0 Å². The molecule has 13 heteroatoms. The number of hydrogen-bond acceptors (Lipinski definition) is 7. The number of aromatic amines is 2. The zero-order valence-corrected chi connectivity index (χ0v) is 26.1. The van der Waals surface area contributed by atoms with Gasteiger partial charge in [-0.05, 0) is 65.1 Å². The van der Waals surface area contributed by atoms with Crippen LogP contribution in [0.2, 0.25) is 0 Å². The summed E-state index contributed by atoms with van der Waals surface area (Å²) in [7, 11) is 0. The second-order valence-corrected chi connectivity index (χ2v) is 12.5. The van der Waals surface area contributed by atoms with Crippen LogP contribution in [-0.2, 0) is 4.74 Å². The normalized spacial score (nSPS) is 19.2. The number of piperidine rings is 2. The lowest BCUT2D eigenvalue weighted by Crippen LogP contribution is -2.42. The minimum Gasteiger partial charge on any atom is -0.444 e. The Morgan fingerprint density at radius 1 is 0.841 bits per heavy atom. The Bertz CT molecular complexity index is 1890. The Morgan fingerprint density at radius 3 is 1.98 bits per heavy atom. The van der Waals surface area contributed by atoms with Crippen LogP contribution in [0, 0.1) is 0 Å². The van der Waals surface area contributed by atoms with Gasteiger partial charge in [0.05, 0.1) is 46.9 Å². The fourth-order valence-corrected chi connectivity index (χ4v) is 6.33. The number of H-pyrrole nitrogens is 2. The van der Waals surface area contributed by atoms with E-state index in [4.69, 9.17) is 4.74 Å². The molecule has 1 amide bonds. The average molecular weight is 619 g/mol. The maximum Gasteiger partial charge on any atom is 0.410 e. The van der Waals surface area contributed by atoms with Gasteiger partial charge in [0, 0.05) is 43.9 Å². The summed E-state index contributed by atoms with van der Waals surface area (Å²) in [6, 6.07) is 4.08. The van der Waals surface area contributed by atoms with Crippen molar-refractivity contribution in [3.05, 3.63) is 61.0 Å². The van der Waals surface area contributed by atoms with Crippen LogP contribution in [0.4, 0.5) is 4.79 Å². The summed E-state index contributed by atoms with van der Waals surface area (Å²) in [5.41, 5.74) is 5.45. The maximum absolute atomic E-state index is 12.4. The van der Waals surface area contributed by atoms with E-state index in [9.17, 15) is 4.79 Å². The van der Waals surface area contributed by atoms with Crippen molar-refractivity contribution in [2.45, 2.75) is 63.9 Å². The van der Waals surface area contributed by atoms with Crippen LogP contribution < -0.4 is 5.32 Å². The predicted octanol–water partition coefficient (Wildman–Crippen LogP) is 5.42. The molecule has 0 spiro atoms. The molecule has 0 aliphatic carbocycles. The first-order chi connectivity index (χ1) is 20.9. The molecule has 2 atom stereocenters. The number of amides is 1. The molecule has 0 saturated carbocycles. The Labute approximate surface area is 261 Å². The number of nitrogens with zero attached hydrogens (tertiary/aromatic N) is 7. The van der Waals surface area contributed by atoms with Crippen LogP contribution in [-0.4, -0.2) is 81.5 Å². The average Bonchev–Trinajstić information content (AvgIpc) is 3.81. The van der Waals surface area contributed by atoms with E-state index in [2.05, 4.69) is 50.1 Å². The highest BCUT2D eigenvalue weighted by Gasteiger charge is 2.30. The number of halogens is 1. The van der Waals surface area contributed by atoms with E-state index in [1.165, 1.54) is 12.8 Å². The van der Waals surface area contributed by atoms with Crippen molar-refractivity contribution in [1.29, 1.82) is 0 Å². The number of fused-ring (bicyclic) bond motifs is 6. The molecule has 2 aliphatic rings. The molecule has 3 N–H and O–H groups in total. The topological polar surface area (TPSA) is 134 Å². The molecule has 12 nitrogen and oxygen atoms in total. The Hall–Kier alpha value is -4.16. The van der Waals surface area contributed by atoms with Gasteiger partial charge in [-0.2, -0.15) is 0 Å². The fourth-order valence-electron chi connectivity index (χ4n) is 6.33. The molecule has 8 heterocycles. The first-order valence-electron chi connectivity index (χ1n) is 15.1. The molecule has 2 saturated heterocycles. The van der Waals surface area contributed by atoms with Crippen molar-refractivity contribution >= 4 is 51.9 Å². The summed E-state index contributed by atoms with van der Waals surface area (Å²) in [6.45, 7) is 9.19. The van der Waals surface area contributed by atoms with Gasteiger partial charge in [-0.3, -0.25) is 8.80 Å². The number of ether oxygens (including phenoxy) is 1. The van der Waals surface area contributed by atoms with Crippen LogP contribution in [0.25, 0.3) is 33.4 Å². The lowest BCUT2D eigenvalue weighted by molar-refractivity contribution is 0.0196. The lowest BCUT2D eigenvalue weighted by Gasteiger charge is -2.33. The number of nitrogens with one attached hydrogen (secondary N) is 3. The van der Waals surface area contributed by atoms with Crippen LogP contribution in [0.15, 0.2) is 49.3 Å². The first-order valence-corrected chi connectivity index (χ1v) is 15.1. The van der Waals surface area contributed by atoms with Crippen molar-refractivity contribution in [2.75, 3.05) is 26.2 Å². The second-order valence-electron chi connectivity index (χ2n) is 12.5. The van der Waals surface area contributed by atoms with Gasteiger partial charge in [0.15, 0.2) is 11.3 Å². The van der Waals surface area contributed by atoms with E-state index < -0.39 is 5.60 Å². The van der Waals surface area contributed by atoms with Crippen LogP contribution in [0.3, 0.4) is 0 Å². The monoisotopic (exact) mass is 618 g/mol. The Kier molecular flexibility index (Phi) is 8.21. The lowest BCUT2D eigenvalue weighted by atomic mass is 9.97. The number of likely N-dealkylation sites (tertiary alicyclic amines) is 1. The highest BCUT2D eigenvalue weighted by atomic mass is 35.5. The smallest absolute Gasteiger partial charge is 0.410 e. The standard InChI is InChI=1S/C18H23N5O2.C13H15N5.ClH/c1-18(2,3)25-17(24)22-8-4-5-12(11-22)16-21-10-13-9-20-15-14(23(13)16)6-7-19-15;1-2-9(6-14-4-1)13-17-8-10-7-16-12-11(18(10)13)3-5-15-12;/h6-7,9-10,12,19H,4-5,8,11H2,1-3H3;3,5,7-9,14-15H,1-2,4,6H2;1H/t12-;9-;/m11./s1. The molecule has 2 fully saturated rings. The minimum absolute atomic E-state index is 0. The highest BCUT2D eigenvalue weighted by molar-refractivity contribution is 5.85. The van der Waals surface area contributed by atoms with Crippen molar-refractivity contribution in [1.82, 2.24) is 48.9 Å². The summed E-state index contributed by atoms with van der Waals surface area (Å²) in [4.78, 5) is 38.6. The van der Waals surface area contributed by atoms with E-state index in [1.54, 1.807) is 4.90 Å². The number of imidazole rings is 2. The number of carbonyl (C=O) groups is 1. The summed E-state index contributed by atoms with van der Waals surface area (Å²) >= 11 is 0. The van der Waals surface area contributed by atoms with Gasteiger partial charge in [0.1, 0.15) is 17.2 Å².